The largest absolute Gasteiger partial charge is 0.419 e. The minimum absolute atomic E-state index is 0.175. The number of hydrogen-bond acceptors (Lipinski definition) is 6. The Morgan fingerprint density at radius 2 is 1.88 bits per heavy atom. The molecular formula is C29H27F4N5O2. The van der Waals surface area contributed by atoms with Gasteiger partial charge < -0.3 is 15.4 Å². The zero-order valence-electron chi connectivity index (χ0n) is 21.7. The van der Waals surface area contributed by atoms with Gasteiger partial charge in [0.15, 0.2) is 5.82 Å². The van der Waals surface area contributed by atoms with E-state index in [0.717, 1.165) is 72.6 Å². The predicted molar refractivity (Wildman–Crippen MR) is 145 cm³/mol. The van der Waals surface area contributed by atoms with Crippen molar-refractivity contribution in [2.45, 2.75) is 13.1 Å². The number of alkyl halides is 3. The Morgan fingerprint density at radius 1 is 1.07 bits per heavy atom. The first-order chi connectivity index (χ1) is 19.2. The third-order valence-corrected chi connectivity index (χ3v) is 6.76. The van der Waals surface area contributed by atoms with Crippen LogP contribution in [0, 0.1) is 12.7 Å². The maximum Gasteiger partial charge on any atom is 0.419 e. The summed E-state index contributed by atoms with van der Waals surface area (Å²) in [4.78, 5) is 24.2. The van der Waals surface area contributed by atoms with Crippen LogP contribution in [0.15, 0.2) is 60.8 Å². The molecule has 208 valence electrons. The fraction of sp³-hybridized carbons (Fsp3) is 0.276. The topological polar surface area (TPSA) is 79.4 Å². The molecule has 0 aliphatic carbocycles. The summed E-state index contributed by atoms with van der Waals surface area (Å²) in [6.07, 6.45) is -3.15. The fourth-order valence-corrected chi connectivity index (χ4v) is 4.55. The Hall–Kier alpha value is -4.09. The van der Waals surface area contributed by atoms with E-state index in [4.69, 9.17) is 4.74 Å². The first kappa shape index (κ1) is 27.5. The number of hydrogen-bond donors (Lipinski definition) is 2. The van der Waals surface area contributed by atoms with Crippen molar-refractivity contribution in [2.24, 2.45) is 0 Å². The zero-order valence-corrected chi connectivity index (χ0v) is 21.7. The predicted octanol–water partition coefficient (Wildman–Crippen LogP) is 5.76. The van der Waals surface area contributed by atoms with E-state index >= 15 is 0 Å². The molecule has 4 aromatic rings. The lowest BCUT2D eigenvalue weighted by Crippen LogP contribution is -2.39. The van der Waals surface area contributed by atoms with Crippen molar-refractivity contribution in [3.05, 3.63) is 83.3 Å². The summed E-state index contributed by atoms with van der Waals surface area (Å²) >= 11 is 0. The lowest BCUT2D eigenvalue weighted by Gasteiger charge is -2.26. The highest BCUT2D eigenvalue weighted by atomic mass is 19.4. The van der Waals surface area contributed by atoms with Crippen LogP contribution < -0.4 is 10.6 Å². The summed E-state index contributed by atoms with van der Waals surface area (Å²) in [5, 5.41) is 6.32. The number of rotatable bonds is 7. The highest BCUT2D eigenvalue weighted by Gasteiger charge is 2.35. The molecule has 0 radical (unpaired) electrons. The molecule has 2 N–H and O–H groups in total. The number of morpholine rings is 1. The Balaban J connectivity index is 1.32. The number of fused-ring (bicyclic) bond motifs is 1. The number of nitrogens with one attached hydrogen (secondary N) is 2. The van der Waals surface area contributed by atoms with Gasteiger partial charge >= 0.3 is 6.18 Å². The number of carbonyl (C=O) groups excluding carboxylic acids is 1. The van der Waals surface area contributed by atoms with Gasteiger partial charge in [-0.2, -0.15) is 13.2 Å². The van der Waals surface area contributed by atoms with E-state index in [0.29, 0.717) is 18.6 Å². The van der Waals surface area contributed by atoms with Gasteiger partial charge in [0.2, 0.25) is 5.95 Å². The second-order valence-electron chi connectivity index (χ2n) is 9.50. The number of anilines is 2. The molecular weight excluding hydrogens is 526 g/mol. The van der Waals surface area contributed by atoms with Gasteiger partial charge in [-0.1, -0.05) is 18.2 Å². The number of carbonyl (C=O) groups is 1. The van der Waals surface area contributed by atoms with E-state index in [1.807, 2.05) is 25.1 Å². The van der Waals surface area contributed by atoms with E-state index in [-0.39, 0.29) is 5.56 Å². The van der Waals surface area contributed by atoms with E-state index in [1.165, 1.54) is 0 Å². The molecule has 1 saturated heterocycles. The maximum absolute atomic E-state index is 14.4. The summed E-state index contributed by atoms with van der Waals surface area (Å²) in [6.45, 7) is 6.77. The second kappa shape index (κ2) is 11.6. The molecule has 2 heterocycles. The van der Waals surface area contributed by atoms with Gasteiger partial charge in [0.25, 0.3) is 5.91 Å². The quantitative estimate of drug-likeness (QED) is 0.284. The first-order valence-electron chi connectivity index (χ1n) is 12.8. The van der Waals surface area contributed by atoms with Crippen molar-refractivity contribution < 1.29 is 27.1 Å². The number of nitrogens with zero attached hydrogens (tertiary/aromatic N) is 3. The molecule has 1 aromatic heterocycles. The summed E-state index contributed by atoms with van der Waals surface area (Å²) in [5.74, 6) is -1.72. The van der Waals surface area contributed by atoms with E-state index in [9.17, 15) is 22.4 Å². The van der Waals surface area contributed by atoms with E-state index in [2.05, 4.69) is 25.5 Å². The Bertz CT molecular complexity index is 1540. The summed E-state index contributed by atoms with van der Waals surface area (Å²) in [5.41, 5.74) is 1.37. The van der Waals surface area contributed by atoms with Crippen LogP contribution in [-0.4, -0.2) is 60.2 Å². The highest BCUT2D eigenvalue weighted by Crippen LogP contribution is 2.34. The van der Waals surface area contributed by atoms with Gasteiger partial charge in [-0.05, 0) is 60.0 Å². The van der Waals surface area contributed by atoms with Crippen LogP contribution >= 0.6 is 0 Å². The minimum Gasteiger partial charge on any atom is -0.379 e. The van der Waals surface area contributed by atoms with Crippen molar-refractivity contribution in [1.82, 2.24) is 14.9 Å². The molecule has 0 atom stereocenters. The van der Waals surface area contributed by atoms with Crippen LogP contribution in [-0.2, 0) is 10.9 Å². The van der Waals surface area contributed by atoms with Gasteiger partial charge in [0.05, 0.1) is 30.0 Å². The Kier molecular flexibility index (Phi) is 7.95. The van der Waals surface area contributed by atoms with Crippen molar-refractivity contribution in [2.75, 3.05) is 50.0 Å². The fourth-order valence-electron chi connectivity index (χ4n) is 4.55. The third-order valence-electron chi connectivity index (χ3n) is 6.76. The first-order valence-corrected chi connectivity index (χ1v) is 12.8. The van der Waals surface area contributed by atoms with E-state index in [1.54, 1.807) is 24.4 Å². The van der Waals surface area contributed by atoms with Crippen LogP contribution in [0.1, 0.15) is 21.5 Å². The van der Waals surface area contributed by atoms with Crippen LogP contribution in [0.5, 0.6) is 0 Å². The van der Waals surface area contributed by atoms with Gasteiger partial charge in [-0.25, -0.2) is 14.4 Å². The molecule has 1 fully saturated rings. The number of aromatic nitrogens is 2. The average molecular weight is 554 g/mol. The van der Waals surface area contributed by atoms with Crippen molar-refractivity contribution in [3.63, 3.8) is 0 Å². The molecule has 11 heteroatoms. The van der Waals surface area contributed by atoms with Gasteiger partial charge in [-0.15, -0.1) is 0 Å². The van der Waals surface area contributed by atoms with Gasteiger partial charge in [0, 0.05) is 43.3 Å². The molecule has 0 saturated carbocycles. The second-order valence-corrected chi connectivity index (χ2v) is 9.50. The number of aryl methyl sites for hydroxylation is 1. The molecule has 0 spiro atoms. The number of ether oxygens (including phenoxy) is 1. The van der Waals surface area contributed by atoms with Crippen molar-refractivity contribution >= 4 is 28.4 Å². The number of amides is 1. The molecule has 1 aliphatic rings. The van der Waals surface area contributed by atoms with Crippen LogP contribution in [0.2, 0.25) is 0 Å². The summed E-state index contributed by atoms with van der Waals surface area (Å²) < 4.78 is 59.0. The Morgan fingerprint density at radius 3 is 2.65 bits per heavy atom. The van der Waals surface area contributed by atoms with Crippen molar-refractivity contribution in [1.29, 1.82) is 0 Å². The molecule has 5 rings (SSSR count). The van der Waals surface area contributed by atoms with Crippen LogP contribution in [0.3, 0.4) is 0 Å². The summed E-state index contributed by atoms with van der Waals surface area (Å²) in [7, 11) is 0. The molecule has 3 aromatic carbocycles. The minimum atomic E-state index is -4.87. The third kappa shape index (κ3) is 6.21. The average Bonchev–Trinajstić information content (AvgIpc) is 2.94. The van der Waals surface area contributed by atoms with Crippen molar-refractivity contribution in [3.8, 4) is 11.1 Å². The molecule has 40 heavy (non-hydrogen) atoms. The standard InChI is InChI=1S/C29H27F4N5O2/c1-18-5-6-20(27(39)36-25-4-2-3-23(26(25)30)29(31,32)33)16-22(18)19-7-8-24-21(15-19)17-35-28(37-24)34-9-10-38-11-13-40-14-12-38/h2-8,15-17H,9-14H2,1H3,(H,36,39)(H,34,35,37). The smallest absolute Gasteiger partial charge is 0.379 e. The molecule has 0 unspecified atom stereocenters. The summed E-state index contributed by atoms with van der Waals surface area (Å²) in [6, 6.07) is 13.3. The van der Waals surface area contributed by atoms with E-state index < -0.39 is 29.2 Å². The molecule has 7 nitrogen and oxygen atoms in total. The molecule has 1 aliphatic heterocycles. The Labute approximate surface area is 228 Å². The monoisotopic (exact) mass is 553 g/mol. The maximum atomic E-state index is 14.4. The lowest BCUT2D eigenvalue weighted by molar-refractivity contribution is -0.139. The highest BCUT2D eigenvalue weighted by molar-refractivity contribution is 6.05. The number of halogens is 4. The molecule has 1 amide bonds. The van der Waals surface area contributed by atoms with Gasteiger partial charge in [-0.3, -0.25) is 9.69 Å². The lowest BCUT2D eigenvalue weighted by atomic mass is 9.97. The zero-order chi connectivity index (χ0) is 28.3. The van der Waals surface area contributed by atoms with Crippen LogP contribution in [0.25, 0.3) is 22.0 Å². The number of benzene rings is 3. The molecule has 0 bridgehead atoms. The van der Waals surface area contributed by atoms with Crippen LogP contribution in [0.4, 0.5) is 29.2 Å². The van der Waals surface area contributed by atoms with Gasteiger partial charge in [0.1, 0.15) is 0 Å². The normalized spacial score (nSPS) is 14.3. The SMILES string of the molecule is Cc1ccc(C(=O)Nc2cccc(C(F)(F)F)c2F)cc1-c1ccc2nc(NCCN3CCOCC3)ncc2c1.